The highest BCUT2D eigenvalue weighted by Gasteiger charge is 2.15. The molecule has 0 amide bonds. The Bertz CT molecular complexity index is 663. The summed E-state index contributed by atoms with van der Waals surface area (Å²) in [7, 11) is 0. The first-order valence-electron chi connectivity index (χ1n) is 7.17. The molecule has 0 saturated carbocycles. The number of halogens is 2. The summed E-state index contributed by atoms with van der Waals surface area (Å²) in [5, 5.41) is 3.35. The Morgan fingerprint density at radius 1 is 0.591 bits per heavy atom. The molecule has 0 heterocycles. The van der Waals surface area contributed by atoms with E-state index >= 15 is 0 Å². The van der Waals surface area contributed by atoms with Crippen LogP contribution in [0.1, 0.15) is 0 Å². The van der Waals surface area contributed by atoms with Gasteiger partial charge in [0.2, 0.25) is 0 Å². The first-order chi connectivity index (χ1) is 10.9. The molecule has 0 bridgehead atoms. The van der Waals surface area contributed by atoms with Gasteiger partial charge in [-0.1, -0.05) is 48.5 Å². The quantitative estimate of drug-likeness (QED) is 0.615. The predicted molar refractivity (Wildman–Crippen MR) is 84.4 cm³/mol. The Kier molecular flexibility index (Phi) is 4.37. The average Bonchev–Trinajstić information content (AvgIpc) is 2.58. The third-order valence-electron chi connectivity index (χ3n) is 3.48. The van der Waals surface area contributed by atoms with Crippen LogP contribution in [0.3, 0.4) is 0 Å². The third kappa shape index (κ3) is 2.56. The highest BCUT2D eigenvalue weighted by Crippen LogP contribution is 2.42. The Morgan fingerprint density at radius 3 is 1.18 bits per heavy atom. The van der Waals surface area contributed by atoms with Gasteiger partial charge in [-0.2, -0.15) is 0 Å². The van der Waals surface area contributed by atoms with Gasteiger partial charge in [-0.25, -0.2) is 8.78 Å². The monoisotopic (exact) mass is 302 g/mol. The number of fused-ring (bicyclic) bond motifs is 2. The van der Waals surface area contributed by atoms with Gasteiger partial charge in [-0.05, 0) is 0 Å². The average molecular weight is 302 g/mol. The molecule has 0 fully saturated rings. The van der Waals surface area contributed by atoms with E-state index in [2.05, 4.69) is 0 Å². The Hall–Kier alpha value is -2.36. The lowest BCUT2D eigenvalue weighted by Gasteiger charge is -2.16. The fourth-order valence-electron chi connectivity index (χ4n) is 2.64. The molecule has 3 rings (SSSR count). The highest BCUT2D eigenvalue weighted by atomic mass is 19.1. The van der Waals surface area contributed by atoms with Crippen LogP contribution in [0.15, 0.2) is 48.5 Å². The predicted octanol–water partition coefficient (Wildman–Crippen LogP) is 4.69. The van der Waals surface area contributed by atoms with E-state index in [0.717, 1.165) is 21.5 Å². The molecular formula is C18H16F2O2. The molecule has 0 aliphatic rings. The van der Waals surface area contributed by atoms with E-state index in [-0.39, 0.29) is 13.2 Å². The molecule has 2 nitrogen and oxygen atoms in total. The minimum absolute atomic E-state index is 0.00132. The van der Waals surface area contributed by atoms with Crippen LogP contribution >= 0.6 is 0 Å². The van der Waals surface area contributed by atoms with Crippen LogP contribution in [0.4, 0.5) is 8.78 Å². The maximum atomic E-state index is 12.5. The van der Waals surface area contributed by atoms with Gasteiger partial charge in [0.15, 0.2) is 0 Å². The summed E-state index contributed by atoms with van der Waals surface area (Å²) in [5.74, 6) is 1.27. The summed E-state index contributed by atoms with van der Waals surface area (Å²) in [4.78, 5) is 0. The van der Waals surface area contributed by atoms with Crippen molar-refractivity contribution in [3.63, 3.8) is 0 Å². The summed E-state index contributed by atoms with van der Waals surface area (Å²) in [6.07, 6.45) is 0. The van der Waals surface area contributed by atoms with E-state index in [1.165, 1.54) is 0 Å². The Balaban J connectivity index is 2.32. The second-order valence-electron chi connectivity index (χ2n) is 4.82. The highest BCUT2D eigenvalue weighted by molar-refractivity contribution is 6.11. The molecule has 3 aromatic rings. The van der Waals surface area contributed by atoms with Crippen molar-refractivity contribution in [3.05, 3.63) is 48.5 Å². The zero-order chi connectivity index (χ0) is 15.4. The maximum absolute atomic E-state index is 12.5. The lowest BCUT2D eigenvalue weighted by molar-refractivity contribution is 0.275. The normalized spacial score (nSPS) is 11.0. The zero-order valence-corrected chi connectivity index (χ0v) is 12.0. The number of hydrogen-bond acceptors (Lipinski definition) is 2. The smallest absolute Gasteiger partial charge is 0.135 e. The van der Waals surface area contributed by atoms with Crippen molar-refractivity contribution in [3.8, 4) is 11.5 Å². The summed E-state index contributed by atoms with van der Waals surface area (Å²) in [6, 6.07) is 15.2. The van der Waals surface area contributed by atoms with E-state index in [0.29, 0.717) is 11.5 Å². The summed E-state index contributed by atoms with van der Waals surface area (Å²) >= 11 is 0. The van der Waals surface area contributed by atoms with E-state index in [1.54, 1.807) is 0 Å². The molecule has 0 saturated heterocycles. The number of hydrogen-bond donors (Lipinski definition) is 0. The summed E-state index contributed by atoms with van der Waals surface area (Å²) < 4.78 is 36.3. The molecule has 0 aliphatic heterocycles. The molecule has 22 heavy (non-hydrogen) atoms. The molecular weight excluding hydrogens is 286 g/mol. The van der Waals surface area contributed by atoms with E-state index in [9.17, 15) is 8.78 Å². The second-order valence-corrected chi connectivity index (χ2v) is 4.82. The standard InChI is InChI=1S/C18H16F2O2/c19-9-11-21-17-13-5-1-2-6-14(13)18(22-12-10-20)16-8-4-3-7-15(16)17/h1-8H,9-12H2. The number of rotatable bonds is 6. The maximum Gasteiger partial charge on any atom is 0.135 e. The van der Waals surface area contributed by atoms with Crippen LogP contribution in [-0.4, -0.2) is 26.6 Å². The summed E-state index contributed by atoms with van der Waals surface area (Å²) in [6.45, 7) is -1.11. The first kappa shape index (κ1) is 14.6. The van der Waals surface area contributed by atoms with Crippen LogP contribution in [0.5, 0.6) is 11.5 Å². The van der Waals surface area contributed by atoms with Crippen LogP contribution in [0.25, 0.3) is 21.5 Å². The van der Waals surface area contributed by atoms with E-state index in [1.807, 2.05) is 48.5 Å². The third-order valence-corrected chi connectivity index (χ3v) is 3.48. The topological polar surface area (TPSA) is 18.5 Å². The van der Waals surface area contributed by atoms with Gasteiger partial charge < -0.3 is 9.47 Å². The first-order valence-corrected chi connectivity index (χ1v) is 7.17. The van der Waals surface area contributed by atoms with Crippen LogP contribution in [0.2, 0.25) is 0 Å². The molecule has 0 N–H and O–H groups in total. The fraction of sp³-hybridized carbons (Fsp3) is 0.222. The molecule has 114 valence electrons. The van der Waals surface area contributed by atoms with Crippen molar-refractivity contribution < 1.29 is 18.3 Å². The summed E-state index contributed by atoms with van der Waals surface area (Å²) in [5.41, 5.74) is 0. The van der Waals surface area contributed by atoms with Gasteiger partial charge in [0, 0.05) is 21.5 Å². The minimum Gasteiger partial charge on any atom is -0.490 e. The van der Waals surface area contributed by atoms with Crippen molar-refractivity contribution in [1.29, 1.82) is 0 Å². The van der Waals surface area contributed by atoms with Gasteiger partial charge in [-0.15, -0.1) is 0 Å². The SMILES string of the molecule is FCCOc1c2ccccc2c(OCCF)c2ccccc12. The molecule has 0 atom stereocenters. The van der Waals surface area contributed by atoms with Gasteiger partial charge >= 0.3 is 0 Å². The molecule has 0 radical (unpaired) electrons. The van der Waals surface area contributed by atoms with Gasteiger partial charge in [-0.3, -0.25) is 0 Å². The van der Waals surface area contributed by atoms with Crippen molar-refractivity contribution in [2.45, 2.75) is 0 Å². The number of alkyl halides is 2. The lowest BCUT2D eigenvalue weighted by atomic mass is 10.0. The van der Waals surface area contributed by atoms with Gasteiger partial charge in [0.25, 0.3) is 0 Å². The molecule has 0 spiro atoms. The zero-order valence-electron chi connectivity index (χ0n) is 12.0. The second kappa shape index (κ2) is 6.60. The molecule has 3 aromatic carbocycles. The fourth-order valence-corrected chi connectivity index (χ4v) is 2.64. The molecule has 0 aromatic heterocycles. The molecule has 4 heteroatoms. The van der Waals surface area contributed by atoms with Crippen molar-refractivity contribution >= 4 is 21.5 Å². The van der Waals surface area contributed by atoms with Gasteiger partial charge in [0.05, 0.1) is 0 Å². The van der Waals surface area contributed by atoms with Crippen molar-refractivity contribution in [2.24, 2.45) is 0 Å². The van der Waals surface area contributed by atoms with Crippen LogP contribution in [0, 0.1) is 0 Å². The molecule has 0 unspecified atom stereocenters. The lowest BCUT2D eigenvalue weighted by Crippen LogP contribution is -2.03. The Morgan fingerprint density at radius 2 is 0.909 bits per heavy atom. The van der Waals surface area contributed by atoms with Crippen LogP contribution in [-0.2, 0) is 0 Å². The van der Waals surface area contributed by atoms with Gasteiger partial charge in [0.1, 0.15) is 38.1 Å². The number of benzene rings is 3. The van der Waals surface area contributed by atoms with Crippen molar-refractivity contribution in [2.75, 3.05) is 26.6 Å². The van der Waals surface area contributed by atoms with E-state index < -0.39 is 13.3 Å². The molecule has 0 aliphatic carbocycles. The van der Waals surface area contributed by atoms with Crippen LogP contribution < -0.4 is 9.47 Å². The van der Waals surface area contributed by atoms with Crippen molar-refractivity contribution in [1.82, 2.24) is 0 Å². The van der Waals surface area contributed by atoms with E-state index in [4.69, 9.17) is 9.47 Å². The minimum atomic E-state index is -0.553. The Labute approximate surface area is 127 Å². The number of ether oxygens (including phenoxy) is 2. The largest absolute Gasteiger partial charge is 0.490 e.